The normalized spacial score (nSPS) is 17.9. The fourth-order valence-corrected chi connectivity index (χ4v) is 2.26. The summed E-state index contributed by atoms with van der Waals surface area (Å²) in [4.78, 5) is 0. The average Bonchev–Trinajstić information content (AvgIpc) is 2.92. The third kappa shape index (κ3) is 4.45. The molecule has 102 valence electrons. The highest BCUT2D eigenvalue weighted by Gasteiger charge is 2.15. The van der Waals surface area contributed by atoms with Crippen LogP contribution in [0.25, 0.3) is 0 Å². The van der Waals surface area contributed by atoms with E-state index < -0.39 is 0 Å². The molecule has 0 aromatic heterocycles. The third-order valence-corrected chi connectivity index (χ3v) is 3.33. The highest BCUT2D eigenvalue weighted by atomic mass is 35.5. The molecule has 0 saturated carbocycles. The van der Waals surface area contributed by atoms with Gasteiger partial charge in [0.25, 0.3) is 0 Å². The van der Waals surface area contributed by atoms with E-state index in [-0.39, 0.29) is 0 Å². The topological polar surface area (TPSA) is 18.5 Å². The first-order valence-corrected chi connectivity index (χ1v) is 7.23. The molecule has 0 N–H and O–H groups in total. The molecule has 1 heterocycles. The van der Waals surface area contributed by atoms with Crippen molar-refractivity contribution < 1.29 is 9.47 Å². The SMILES string of the molecule is Cc1cc(C#CCCl)ccc1OCCC1CCCO1. The summed E-state index contributed by atoms with van der Waals surface area (Å²) in [5.41, 5.74) is 2.08. The van der Waals surface area contributed by atoms with Crippen LogP contribution in [0.5, 0.6) is 5.75 Å². The molecule has 2 nitrogen and oxygen atoms in total. The zero-order chi connectivity index (χ0) is 13.5. The van der Waals surface area contributed by atoms with Crippen LogP contribution < -0.4 is 4.74 Å². The average molecular weight is 279 g/mol. The summed E-state index contributed by atoms with van der Waals surface area (Å²) in [6.45, 7) is 3.64. The number of benzene rings is 1. The van der Waals surface area contributed by atoms with Crippen molar-refractivity contribution in [1.29, 1.82) is 0 Å². The molecule has 0 aliphatic carbocycles. The first kappa shape index (κ1) is 14.2. The van der Waals surface area contributed by atoms with E-state index in [1.165, 1.54) is 6.42 Å². The minimum atomic E-state index is 0.360. The van der Waals surface area contributed by atoms with Crippen LogP contribution in [-0.2, 0) is 4.74 Å². The van der Waals surface area contributed by atoms with Crippen LogP contribution >= 0.6 is 11.6 Å². The molecule has 1 aromatic rings. The van der Waals surface area contributed by atoms with E-state index in [9.17, 15) is 0 Å². The molecule has 1 fully saturated rings. The van der Waals surface area contributed by atoms with Gasteiger partial charge in [0, 0.05) is 18.6 Å². The number of hydrogen-bond donors (Lipinski definition) is 0. The number of ether oxygens (including phenoxy) is 2. The van der Waals surface area contributed by atoms with Gasteiger partial charge in [0.1, 0.15) is 5.75 Å². The predicted octanol–water partition coefficient (Wildman–Crippen LogP) is 3.53. The molecule has 0 radical (unpaired) electrons. The van der Waals surface area contributed by atoms with Gasteiger partial charge in [-0.15, -0.1) is 11.6 Å². The molecule has 1 saturated heterocycles. The summed E-state index contributed by atoms with van der Waals surface area (Å²) in [5, 5.41) is 0. The molecule has 1 aliphatic rings. The Labute approximate surface area is 120 Å². The van der Waals surface area contributed by atoms with Gasteiger partial charge in [-0.05, 0) is 43.5 Å². The van der Waals surface area contributed by atoms with E-state index in [1.54, 1.807) is 0 Å². The molecular weight excluding hydrogens is 260 g/mol. The molecule has 0 bridgehead atoms. The van der Waals surface area contributed by atoms with Crippen LogP contribution in [0.3, 0.4) is 0 Å². The Morgan fingerprint density at radius 3 is 3.05 bits per heavy atom. The van der Waals surface area contributed by atoms with Gasteiger partial charge in [0.2, 0.25) is 0 Å². The van der Waals surface area contributed by atoms with E-state index in [0.717, 1.165) is 36.3 Å². The second kappa shape index (κ2) is 7.43. The van der Waals surface area contributed by atoms with Crippen molar-refractivity contribution in [3.8, 4) is 17.6 Å². The molecule has 19 heavy (non-hydrogen) atoms. The lowest BCUT2D eigenvalue weighted by atomic mass is 10.1. The summed E-state index contributed by atoms with van der Waals surface area (Å²) in [6.07, 6.45) is 3.69. The van der Waals surface area contributed by atoms with Crippen LogP contribution in [0.15, 0.2) is 18.2 Å². The molecule has 0 amide bonds. The van der Waals surface area contributed by atoms with E-state index >= 15 is 0 Å². The minimum absolute atomic E-state index is 0.360. The Kier molecular flexibility index (Phi) is 5.57. The monoisotopic (exact) mass is 278 g/mol. The van der Waals surface area contributed by atoms with Crippen LogP contribution in [-0.4, -0.2) is 25.2 Å². The summed E-state index contributed by atoms with van der Waals surface area (Å²) in [5.74, 6) is 7.14. The van der Waals surface area contributed by atoms with Crippen molar-refractivity contribution in [3.63, 3.8) is 0 Å². The van der Waals surface area contributed by atoms with Crippen LogP contribution in [0.2, 0.25) is 0 Å². The van der Waals surface area contributed by atoms with Crippen LogP contribution in [0, 0.1) is 18.8 Å². The van der Waals surface area contributed by atoms with Crippen molar-refractivity contribution >= 4 is 11.6 Å². The minimum Gasteiger partial charge on any atom is -0.493 e. The largest absolute Gasteiger partial charge is 0.493 e. The smallest absolute Gasteiger partial charge is 0.122 e. The number of halogens is 1. The lowest BCUT2D eigenvalue weighted by Gasteiger charge is -2.12. The fraction of sp³-hybridized carbons (Fsp3) is 0.500. The van der Waals surface area contributed by atoms with Crippen molar-refractivity contribution in [3.05, 3.63) is 29.3 Å². The highest BCUT2D eigenvalue weighted by molar-refractivity contribution is 6.19. The van der Waals surface area contributed by atoms with Crippen molar-refractivity contribution in [1.82, 2.24) is 0 Å². The molecule has 1 atom stereocenters. The number of hydrogen-bond acceptors (Lipinski definition) is 2. The lowest BCUT2D eigenvalue weighted by Crippen LogP contribution is -2.11. The number of aryl methyl sites for hydroxylation is 1. The van der Waals surface area contributed by atoms with E-state index in [2.05, 4.69) is 11.8 Å². The molecule has 1 aromatic carbocycles. The molecule has 1 aliphatic heterocycles. The maximum atomic E-state index is 5.80. The molecule has 2 rings (SSSR count). The second-order valence-corrected chi connectivity index (χ2v) is 4.96. The third-order valence-electron chi connectivity index (χ3n) is 3.20. The van der Waals surface area contributed by atoms with Crippen molar-refractivity contribution in [2.45, 2.75) is 32.3 Å². The van der Waals surface area contributed by atoms with Gasteiger partial charge in [-0.3, -0.25) is 0 Å². The zero-order valence-electron chi connectivity index (χ0n) is 11.2. The summed E-state index contributed by atoms with van der Waals surface area (Å²) >= 11 is 5.54. The standard InChI is InChI=1S/C16H19ClO2/c1-13-12-14(4-2-9-17)6-7-16(13)19-11-8-15-5-3-10-18-15/h6-7,12,15H,3,5,8-11H2,1H3. The van der Waals surface area contributed by atoms with Gasteiger partial charge in [0.05, 0.1) is 18.6 Å². The quantitative estimate of drug-likeness (QED) is 0.620. The zero-order valence-corrected chi connectivity index (χ0v) is 12.0. The lowest BCUT2D eigenvalue weighted by molar-refractivity contribution is 0.0902. The Bertz CT molecular complexity index is 467. The fourth-order valence-electron chi connectivity index (χ4n) is 2.20. The molecular formula is C16H19ClO2. The molecule has 1 unspecified atom stereocenters. The van der Waals surface area contributed by atoms with E-state index in [4.69, 9.17) is 21.1 Å². The maximum Gasteiger partial charge on any atom is 0.122 e. The Morgan fingerprint density at radius 1 is 1.47 bits per heavy atom. The van der Waals surface area contributed by atoms with Gasteiger partial charge in [-0.1, -0.05) is 11.8 Å². The van der Waals surface area contributed by atoms with Crippen LogP contribution in [0.1, 0.15) is 30.4 Å². The van der Waals surface area contributed by atoms with Crippen molar-refractivity contribution in [2.24, 2.45) is 0 Å². The first-order valence-electron chi connectivity index (χ1n) is 6.69. The van der Waals surface area contributed by atoms with E-state index in [0.29, 0.717) is 18.6 Å². The maximum absolute atomic E-state index is 5.80. The second-order valence-electron chi connectivity index (χ2n) is 4.69. The number of alkyl halides is 1. The van der Waals surface area contributed by atoms with Gasteiger partial charge in [-0.25, -0.2) is 0 Å². The highest BCUT2D eigenvalue weighted by Crippen LogP contribution is 2.20. The Hall–Kier alpha value is -1.17. The van der Waals surface area contributed by atoms with Crippen LogP contribution in [0.4, 0.5) is 0 Å². The van der Waals surface area contributed by atoms with Gasteiger partial charge >= 0.3 is 0 Å². The number of rotatable bonds is 4. The van der Waals surface area contributed by atoms with Gasteiger partial charge in [0.15, 0.2) is 0 Å². The summed E-state index contributed by atoms with van der Waals surface area (Å²) in [6, 6.07) is 5.97. The summed E-state index contributed by atoms with van der Waals surface area (Å²) in [7, 11) is 0. The van der Waals surface area contributed by atoms with Gasteiger partial charge < -0.3 is 9.47 Å². The first-order chi connectivity index (χ1) is 9.29. The van der Waals surface area contributed by atoms with Gasteiger partial charge in [-0.2, -0.15) is 0 Å². The predicted molar refractivity (Wildman–Crippen MR) is 77.9 cm³/mol. The van der Waals surface area contributed by atoms with E-state index in [1.807, 2.05) is 25.1 Å². The Morgan fingerprint density at radius 2 is 2.37 bits per heavy atom. The van der Waals surface area contributed by atoms with Crippen molar-refractivity contribution in [2.75, 3.05) is 19.1 Å². The summed E-state index contributed by atoms with van der Waals surface area (Å²) < 4.78 is 11.4. The Balaban J connectivity index is 1.86. The molecule has 3 heteroatoms. The molecule has 0 spiro atoms.